The van der Waals surface area contributed by atoms with Crippen LogP contribution in [0.3, 0.4) is 0 Å². The summed E-state index contributed by atoms with van der Waals surface area (Å²) < 4.78 is 13.0. The summed E-state index contributed by atoms with van der Waals surface area (Å²) in [7, 11) is 0. The molecule has 3 aliphatic rings. The Morgan fingerprint density at radius 3 is 2.52 bits per heavy atom. The molecule has 3 aliphatic heterocycles. The maximum atomic E-state index is 12.0. The molecule has 7 nitrogen and oxygen atoms in total. The lowest BCUT2D eigenvalue weighted by Crippen LogP contribution is -2.45. The first kappa shape index (κ1) is 17.0. The molecule has 0 spiro atoms. The average molecular weight is 349 g/mol. The highest BCUT2D eigenvalue weighted by Gasteiger charge is 2.37. The molecule has 1 aromatic rings. The molecule has 0 amide bonds. The number of aliphatic carboxylic acids is 1. The van der Waals surface area contributed by atoms with Crippen LogP contribution in [0.4, 0.5) is 0 Å². The number of hydrogen-bond acceptors (Lipinski definition) is 5. The summed E-state index contributed by atoms with van der Waals surface area (Å²) in [5.74, 6) is -0.685. The third-order valence-electron chi connectivity index (χ3n) is 5.86. The monoisotopic (exact) mass is 349 g/mol. The molecule has 1 N–H and O–H groups in total. The molecule has 1 atom stereocenters. The number of carbonyl (C=O) groups is 1. The van der Waals surface area contributed by atoms with E-state index >= 15 is 0 Å². The number of nitrogens with zero attached hydrogens (tertiary/aromatic N) is 3. The van der Waals surface area contributed by atoms with Crippen LogP contribution in [0, 0.1) is 5.92 Å². The summed E-state index contributed by atoms with van der Waals surface area (Å²) >= 11 is 0. The van der Waals surface area contributed by atoms with E-state index in [-0.39, 0.29) is 0 Å². The highest BCUT2D eigenvalue weighted by molar-refractivity contribution is 5.76. The van der Waals surface area contributed by atoms with Crippen LogP contribution < -0.4 is 0 Å². The van der Waals surface area contributed by atoms with Crippen molar-refractivity contribution in [3.63, 3.8) is 0 Å². The Balaban J connectivity index is 1.54. The van der Waals surface area contributed by atoms with Crippen molar-refractivity contribution in [2.24, 2.45) is 5.92 Å². The SMILES string of the molecule is O=C(O)[C@@H]1CN(C2CCOCC2)Cc2ncn(CC3CCOCC3)c21. The molecule has 2 saturated heterocycles. The summed E-state index contributed by atoms with van der Waals surface area (Å²) in [6.45, 7) is 5.33. The third kappa shape index (κ3) is 3.59. The zero-order valence-electron chi connectivity index (χ0n) is 14.6. The number of carboxylic acids is 1. The summed E-state index contributed by atoms with van der Waals surface area (Å²) in [5, 5.41) is 9.84. The Kier molecular flexibility index (Phi) is 5.05. The van der Waals surface area contributed by atoms with Gasteiger partial charge in [-0.05, 0) is 31.6 Å². The fraction of sp³-hybridized carbons (Fsp3) is 0.778. The molecule has 7 heteroatoms. The molecular weight excluding hydrogens is 322 g/mol. The lowest BCUT2D eigenvalue weighted by Gasteiger charge is -2.38. The number of carboxylic acid groups (broad SMARTS) is 1. The Morgan fingerprint density at radius 1 is 1.16 bits per heavy atom. The summed E-state index contributed by atoms with van der Waals surface area (Å²) in [5.41, 5.74) is 1.86. The van der Waals surface area contributed by atoms with Gasteiger partial charge in [0.2, 0.25) is 0 Å². The van der Waals surface area contributed by atoms with Crippen LogP contribution in [0.15, 0.2) is 6.33 Å². The van der Waals surface area contributed by atoms with Gasteiger partial charge < -0.3 is 19.1 Å². The molecule has 0 saturated carbocycles. The third-order valence-corrected chi connectivity index (χ3v) is 5.86. The van der Waals surface area contributed by atoms with Crippen LogP contribution in [0.5, 0.6) is 0 Å². The van der Waals surface area contributed by atoms with Crippen molar-refractivity contribution in [2.45, 2.75) is 50.7 Å². The smallest absolute Gasteiger partial charge is 0.313 e. The molecule has 4 rings (SSSR count). The number of fused-ring (bicyclic) bond motifs is 1. The number of rotatable bonds is 4. The van der Waals surface area contributed by atoms with Crippen molar-refractivity contribution in [1.29, 1.82) is 0 Å². The number of imidazole rings is 1. The lowest BCUT2D eigenvalue weighted by atomic mass is 9.94. The van der Waals surface area contributed by atoms with Gasteiger partial charge >= 0.3 is 5.97 Å². The van der Waals surface area contributed by atoms with Gasteiger partial charge in [0, 0.05) is 52.1 Å². The van der Waals surface area contributed by atoms with Crippen molar-refractivity contribution in [2.75, 3.05) is 33.0 Å². The molecular formula is C18H27N3O4. The zero-order valence-corrected chi connectivity index (χ0v) is 14.6. The fourth-order valence-corrected chi connectivity index (χ4v) is 4.41. The molecule has 0 bridgehead atoms. The molecule has 0 radical (unpaired) electrons. The molecule has 4 heterocycles. The second-order valence-electron chi connectivity index (χ2n) is 7.45. The van der Waals surface area contributed by atoms with E-state index in [2.05, 4.69) is 14.5 Å². The predicted molar refractivity (Wildman–Crippen MR) is 90.4 cm³/mol. The van der Waals surface area contributed by atoms with Gasteiger partial charge in [-0.25, -0.2) is 4.98 Å². The van der Waals surface area contributed by atoms with E-state index < -0.39 is 11.9 Å². The maximum absolute atomic E-state index is 12.0. The minimum absolute atomic E-state index is 0.407. The second-order valence-corrected chi connectivity index (χ2v) is 7.45. The van der Waals surface area contributed by atoms with Crippen molar-refractivity contribution in [3.8, 4) is 0 Å². The first-order valence-electron chi connectivity index (χ1n) is 9.38. The molecule has 138 valence electrons. The minimum atomic E-state index is -0.744. The van der Waals surface area contributed by atoms with Gasteiger partial charge in [-0.1, -0.05) is 0 Å². The zero-order chi connectivity index (χ0) is 17.2. The van der Waals surface area contributed by atoms with E-state index in [0.29, 0.717) is 18.5 Å². The van der Waals surface area contributed by atoms with Crippen LogP contribution in [0.25, 0.3) is 0 Å². The van der Waals surface area contributed by atoms with Crippen LogP contribution >= 0.6 is 0 Å². The van der Waals surface area contributed by atoms with Crippen molar-refractivity contribution in [3.05, 3.63) is 17.7 Å². The number of aromatic nitrogens is 2. The van der Waals surface area contributed by atoms with Gasteiger partial charge in [-0.3, -0.25) is 9.69 Å². The van der Waals surface area contributed by atoms with Gasteiger partial charge in [0.15, 0.2) is 0 Å². The summed E-state index contributed by atoms with van der Waals surface area (Å²) in [6, 6.07) is 0.407. The first-order valence-corrected chi connectivity index (χ1v) is 9.38. The Morgan fingerprint density at radius 2 is 1.84 bits per heavy atom. The van der Waals surface area contributed by atoms with Crippen LogP contribution in [0.1, 0.15) is 43.0 Å². The lowest BCUT2D eigenvalue weighted by molar-refractivity contribution is -0.140. The Bertz CT molecular complexity index is 605. The number of hydrogen-bond donors (Lipinski definition) is 1. The summed E-state index contributed by atoms with van der Waals surface area (Å²) in [6.07, 6.45) is 5.89. The van der Waals surface area contributed by atoms with Gasteiger partial charge in [-0.2, -0.15) is 0 Å². The predicted octanol–water partition coefficient (Wildman–Crippen LogP) is 1.47. The van der Waals surface area contributed by atoms with Crippen LogP contribution in [-0.4, -0.2) is 64.5 Å². The minimum Gasteiger partial charge on any atom is -0.481 e. The van der Waals surface area contributed by atoms with E-state index in [1.165, 1.54) is 0 Å². The maximum Gasteiger partial charge on any atom is 0.313 e. The van der Waals surface area contributed by atoms with Gasteiger partial charge in [0.1, 0.15) is 5.92 Å². The second kappa shape index (κ2) is 7.43. The topological polar surface area (TPSA) is 76.8 Å². The van der Waals surface area contributed by atoms with Crippen LogP contribution in [-0.2, 0) is 27.4 Å². The molecule has 0 unspecified atom stereocenters. The fourth-order valence-electron chi connectivity index (χ4n) is 4.41. The molecule has 2 fully saturated rings. The van der Waals surface area contributed by atoms with Gasteiger partial charge in [-0.15, -0.1) is 0 Å². The van der Waals surface area contributed by atoms with Crippen molar-refractivity contribution >= 4 is 5.97 Å². The first-order chi connectivity index (χ1) is 12.2. The Labute approximate surface area is 147 Å². The largest absolute Gasteiger partial charge is 0.481 e. The van der Waals surface area contributed by atoms with E-state index in [9.17, 15) is 9.90 Å². The standard InChI is InChI=1S/C18H27N3O4/c22-18(23)15-10-20(14-3-7-25-8-4-14)11-16-17(15)21(12-19-16)9-13-1-5-24-6-2-13/h12-15H,1-11H2,(H,22,23)/t15-/m1/s1. The van der Waals surface area contributed by atoms with E-state index in [4.69, 9.17) is 9.47 Å². The van der Waals surface area contributed by atoms with Crippen molar-refractivity contribution < 1.29 is 19.4 Å². The summed E-state index contributed by atoms with van der Waals surface area (Å²) in [4.78, 5) is 18.9. The molecule has 1 aromatic heterocycles. The van der Waals surface area contributed by atoms with E-state index in [0.717, 1.165) is 76.6 Å². The van der Waals surface area contributed by atoms with E-state index in [1.807, 2.05) is 6.33 Å². The highest BCUT2D eigenvalue weighted by Crippen LogP contribution is 2.32. The highest BCUT2D eigenvalue weighted by atomic mass is 16.5. The Hall–Kier alpha value is -1.44. The van der Waals surface area contributed by atoms with Crippen molar-refractivity contribution in [1.82, 2.24) is 14.5 Å². The van der Waals surface area contributed by atoms with Gasteiger partial charge in [0.05, 0.1) is 17.7 Å². The molecule has 0 aromatic carbocycles. The molecule has 25 heavy (non-hydrogen) atoms. The number of ether oxygens (including phenoxy) is 2. The molecule has 0 aliphatic carbocycles. The van der Waals surface area contributed by atoms with Gasteiger partial charge in [0.25, 0.3) is 0 Å². The quantitative estimate of drug-likeness (QED) is 0.887. The normalized spacial score (nSPS) is 26.5. The van der Waals surface area contributed by atoms with E-state index in [1.54, 1.807) is 0 Å². The van der Waals surface area contributed by atoms with Crippen LogP contribution in [0.2, 0.25) is 0 Å². The average Bonchev–Trinajstić information content (AvgIpc) is 3.05.